The van der Waals surface area contributed by atoms with Crippen LogP contribution in [0.15, 0.2) is 4.99 Å². The van der Waals surface area contributed by atoms with Gasteiger partial charge in [-0.25, -0.2) is 4.99 Å². The van der Waals surface area contributed by atoms with Crippen LogP contribution in [-0.2, 0) is 31.2 Å². The van der Waals surface area contributed by atoms with Gasteiger partial charge >= 0.3 is 0 Å². The summed E-state index contributed by atoms with van der Waals surface area (Å²) in [6.07, 6.45) is 1.88. The Morgan fingerprint density at radius 1 is 1.12 bits per heavy atom. The summed E-state index contributed by atoms with van der Waals surface area (Å²) in [5.41, 5.74) is 3.66. The third-order valence-electron chi connectivity index (χ3n) is 4.77. The molecule has 1 aliphatic rings. The monoisotopic (exact) mass is 348 g/mol. The van der Waals surface area contributed by atoms with Gasteiger partial charge in [-0.1, -0.05) is 13.8 Å². The van der Waals surface area contributed by atoms with Crippen LogP contribution in [0.25, 0.3) is 0 Å². The molecule has 2 rings (SSSR count). The van der Waals surface area contributed by atoms with Gasteiger partial charge in [-0.15, -0.1) is 0 Å². The molecule has 0 atom stereocenters. The van der Waals surface area contributed by atoms with Crippen LogP contribution < -0.4 is 5.32 Å². The molecule has 1 aliphatic heterocycles. The third-order valence-corrected chi connectivity index (χ3v) is 4.77. The van der Waals surface area contributed by atoms with Crippen LogP contribution in [0.1, 0.15) is 44.6 Å². The molecule has 25 heavy (non-hydrogen) atoms. The van der Waals surface area contributed by atoms with Crippen molar-refractivity contribution in [1.29, 1.82) is 0 Å². The Morgan fingerprint density at radius 2 is 1.76 bits per heavy atom. The fourth-order valence-electron chi connectivity index (χ4n) is 3.39. The van der Waals surface area contributed by atoms with E-state index in [4.69, 9.17) is 4.99 Å². The maximum Gasteiger partial charge on any atom is 0.219 e. The van der Waals surface area contributed by atoms with E-state index in [1.807, 2.05) is 16.6 Å². The van der Waals surface area contributed by atoms with Crippen LogP contribution in [0.2, 0.25) is 0 Å². The fourth-order valence-corrected chi connectivity index (χ4v) is 3.39. The standard InChI is InChI=1S/C18H32N6O/c1-6-16-15(17(7-2)22(5)21-16)13-20-18(19-8-3)24-11-9-23(10-12-24)14(4)25/h6-13H2,1-5H3,(H,19,20). The minimum absolute atomic E-state index is 0.150. The molecule has 0 radical (unpaired) electrons. The summed E-state index contributed by atoms with van der Waals surface area (Å²) in [6, 6.07) is 0. The molecule has 1 N–H and O–H groups in total. The van der Waals surface area contributed by atoms with Crippen LogP contribution in [0, 0.1) is 0 Å². The first-order valence-corrected chi connectivity index (χ1v) is 9.34. The molecule has 0 aliphatic carbocycles. The maximum atomic E-state index is 11.5. The first-order chi connectivity index (χ1) is 12.0. The van der Waals surface area contributed by atoms with E-state index in [0.29, 0.717) is 6.54 Å². The number of rotatable bonds is 5. The Morgan fingerprint density at radius 3 is 2.28 bits per heavy atom. The van der Waals surface area contributed by atoms with Crippen molar-refractivity contribution in [2.45, 2.75) is 47.1 Å². The Bertz CT molecular complexity index is 613. The molecule has 7 nitrogen and oxygen atoms in total. The minimum Gasteiger partial charge on any atom is -0.357 e. The molecule has 1 amide bonds. The van der Waals surface area contributed by atoms with Crippen LogP contribution in [0.3, 0.4) is 0 Å². The van der Waals surface area contributed by atoms with Crippen molar-refractivity contribution < 1.29 is 4.79 Å². The number of carbonyl (C=O) groups excluding carboxylic acids is 1. The smallest absolute Gasteiger partial charge is 0.219 e. The van der Waals surface area contributed by atoms with Gasteiger partial charge in [0.25, 0.3) is 0 Å². The van der Waals surface area contributed by atoms with E-state index in [1.165, 1.54) is 11.3 Å². The second-order valence-corrected chi connectivity index (χ2v) is 6.37. The highest BCUT2D eigenvalue weighted by atomic mass is 16.2. The van der Waals surface area contributed by atoms with E-state index in [0.717, 1.165) is 57.2 Å². The first kappa shape index (κ1) is 19.3. The second-order valence-electron chi connectivity index (χ2n) is 6.37. The van der Waals surface area contributed by atoms with E-state index in [-0.39, 0.29) is 5.91 Å². The van der Waals surface area contributed by atoms with Gasteiger partial charge in [0, 0.05) is 58.0 Å². The van der Waals surface area contributed by atoms with Gasteiger partial charge in [0.15, 0.2) is 5.96 Å². The topological polar surface area (TPSA) is 65.8 Å². The number of piperazine rings is 1. The number of carbonyl (C=O) groups is 1. The van der Waals surface area contributed by atoms with Crippen molar-refractivity contribution in [3.05, 3.63) is 17.0 Å². The normalized spacial score (nSPS) is 15.6. The van der Waals surface area contributed by atoms with Crippen LogP contribution >= 0.6 is 0 Å². The summed E-state index contributed by atoms with van der Waals surface area (Å²) in [5, 5.41) is 8.03. The van der Waals surface area contributed by atoms with Gasteiger partial charge in [-0.05, 0) is 19.8 Å². The number of amides is 1. The maximum absolute atomic E-state index is 11.5. The van der Waals surface area contributed by atoms with E-state index in [2.05, 4.69) is 36.1 Å². The quantitative estimate of drug-likeness (QED) is 0.641. The molecular formula is C18H32N6O. The zero-order valence-corrected chi connectivity index (χ0v) is 16.3. The summed E-state index contributed by atoms with van der Waals surface area (Å²) in [4.78, 5) is 20.5. The van der Waals surface area contributed by atoms with Crippen molar-refractivity contribution in [3.8, 4) is 0 Å². The van der Waals surface area contributed by atoms with Gasteiger partial charge in [-0.2, -0.15) is 5.10 Å². The van der Waals surface area contributed by atoms with Crippen molar-refractivity contribution in [2.24, 2.45) is 12.0 Å². The lowest BCUT2D eigenvalue weighted by Crippen LogP contribution is -2.53. The number of nitrogens with one attached hydrogen (secondary N) is 1. The van der Waals surface area contributed by atoms with Crippen LogP contribution in [0.5, 0.6) is 0 Å². The summed E-state index contributed by atoms with van der Waals surface area (Å²) in [7, 11) is 2.01. The molecule has 0 spiro atoms. The molecule has 1 aromatic heterocycles. The summed E-state index contributed by atoms with van der Waals surface area (Å²) in [6.45, 7) is 12.7. The molecule has 0 bridgehead atoms. The van der Waals surface area contributed by atoms with Crippen LogP contribution in [-0.4, -0.2) is 64.2 Å². The molecular weight excluding hydrogens is 316 g/mol. The predicted molar refractivity (Wildman–Crippen MR) is 101 cm³/mol. The predicted octanol–water partition coefficient (Wildman–Crippen LogP) is 1.17. The molecule has 140 valence electrons. The highest BCUT2D eigenvalue weighted by Gasteiger charge is 2.21. The molecule has 0 saturated carbocycles. The Labute approximate surface area is 151 Å². The van der Waals surface area contributed by atoms with Gasteiger partial charge < -0.3 is 15.1 Å². The molecule has 1 aromatic rings. The van der Waals surface area contributed by atoms with E-state index < -0.39 is 0 Å². The average Bonchev–Trinajstić information content (AvgIpc) is 2.93. The van der Waals surface area contributed by atoms with Crippen molar-refractivity contribution in [3.63, 3.8) is 0 Å². The number of nitrogens with zero attached hydrogens (tertiary/aromatic N) is 5. The Hall–Kier alpha value is -2.05. The lowest BCUT2D eigenvalue weighted by Gasteiger charge is -2.36. The number of aryl methyl sites for hydroxylation is 2. The zero-order valence-electron chi connectivity index (χ0n) is 16.3. The first-order valence-electron chi connectivity index (χ1n) is 9.34. The van der Waals surface area contributed by atoms with Gasteiger partial charge in [0.2, 0.25) is 5.91 Å². The molecule has 0 aromatic carbocycles. The van der Waals surface area contributed by atoms with Gasteiger partial charge in [0.05, 0.1) is 12.2 Å². The van der Waals surface area contributed by atoms with Crippen LogP contribution in [0.4, 0.5) is 0 Å². The highest BCUT2D eigenvalue weighted by molar-refractivity contribution is 5.80. The lowest BCUT2D eigenvalue weighted by atomic mass is 10.1. The fraction of sp³-hybridized carbons (Fsp3) is 0.722. The summed E-state index contributed by atoms with van der Waals surface area (Å²) in [5.74, 6) is 1.08. The minimum atomic E-state index is 0.150. The molecule has 1 saturated heterocycles. The Kier molecular flexibility index (Phi) is 6.84. The number of guanidine groups is 1. The third kappa shape index (κ3) is 4.52. The molecule has 1 fully saturated rings. The largest absolute Gasteiger partial charge is 0.357 e. The van der Waals surface area contributed by atoms with Gasteiger partial charge in [0.1, 0.15) is 0 Å². The second kappa shape index (κ2) is 8.87. The van der Waals surface area contributed by atoms with Gasteiger partial charge in [-0.3, -0.25) is 9.48 Å². The van der Waals surface area contributed by atoms with E-state index in [1.54, 1.807) is 6.92 Å². The van der Waals surface area contributed by atoms with Crippen molar-refractivity contribution >= 4 is 11.9 Å². The lowest BCUT2D eigenvalue weighted by molar-refractivity contribution is -0.130. The number of aliphatic imine (C=N–C) groups is 1. The zero-order chi connectivity index (χ0) is 18.4. The van der Waals surface area contributed by atoms with Crippen molar-refractivity contribution in [2.75, 3.05) is 32.7 Å². The summed E-state index contributed by atoms with van der Waals surface area (Å²) >= 11 is 0. The van der Waals surface area contributed by atoms with E-state index >= 15 is 0 Å². The average molecular weight is 348 g/mol. The molecule has 7 heteroatoms. The number of hydrogen-bond acceptors (Lipinski definition) is 3. The highest BCUT2D eigenvalue weighted by Crippen LogP contribution is 2.17. The van der Waals surface area contributed by atoms with E-state index in [9.17, 15) is 4.79 Å². The van der Waals surface area contributed by atoms with Crippen molar-refractivity contribution in [1.82, 2.24) is 24.9 Å². The number of aromatic nitrogens is 2. The molecule has 2 heterocycles. The summed E-state index contributed by atoms with van der Waals surface area (Å²) < 4.78 is 1.99. The SMILES string of the molecule is CCNC(=NCc1c(CC)nn(C)c1CC)N1CCN(C(C)=O)CC1. The Balaban J connectivity index is 2.14. The number of hydrogen-bond donors (Lipinski definition) is 1. The molecule has 0 unspecified atom stereocenters.